The lowest BCUT2D eigenvalue weighted by Crippen LogP contribution is -2.47. The molecular formula is C15H23NO3. The van der Waals surface area contributed by atoms with Crippen molar-refractivity contribution < 1.29 is 14.3 Å². The molecule has 0 aliphatic carbocycles. The smallest absolute Gasteiger partial charge is 0.261 e. The molecule has 0 unspecified atom stereocenters. The minimum absolute atomic E-state index is 0.110. The highest BCUT2D eigenvalue weighted by atomic mass is 16.5. The predicted molar refractivity (Wildman–Crippen MR) is 75.6 cm³/mol. The summed E-state index contributed by atoms with van der Waals surface area (Å²) in [6, 6.07) is 7.32. The van der Waals surface area contributed by atoms with Crippen molar-refractivity contribution in [2.45, 2.75) is 45.8 Å². The molecule has 1 aromatic rings. The van der Waals surface area contributed by atoms with Crippen LogP contribution in [0, 0.1) is 0 Å². The highest BCUT2D eigenvalue weighted by Crippen LogP contribution is 2.27. The van der Waals surface area contributed by atoms with Crippen LogP contribution in [0.5, 0.6) is 11.5 Å². The summed E-state index contributed by atoms with van der Waals surface area (Å²) < 4.78 is 11.0. The first-order valence-electron chi connectivity index (χ1n) is 6.49. The lowest BCUT2D eigenvalue weighted by molar-refractivity contribution is -0.129. The molecule has 1 amide bonds. The third kappa shape index (κ3) is 4.81. The fraction of sp³-hybridized carbons (Fsp3) is 0.533. The van der Waals surface area contributed by atoms with Crippen molar-refractivity contribution >= 4 is 5.91 Å². The zero-order valence-electron chi connectivity index (χ0n) is 12.3. The number of nitrogens with one attached hydrogen (secondary N) is 1. The molecule has 1 rings (SSSR count). The van der Waals surface area contributed by atoms with Crippen LogP contribution < -0.4 is 14.8 Å². The van der Waals surface area contributed by atoms with Gasteiger partial charge in [0.1, 0.15) is 0 Å². The summed E-state index contributed by atoms with van der Waals surface area (Å²) in [5.41, 5.74) is -0.269. The molecule has 0 aliphatic heterocycles. The van der Waals surface area contributed by atoms with Crippen molar-refractivity contribution in [1.29, 1.82) is 0 Å². The number of amides is 1. The van der Waals surface area contributed by atoms with Gasteiger partial charge in [-0.1, -0.05) is 19.1 Å². The average molecular weight is 265 g/mol. The molecule has 4 nitrogen and oxygen atoms in total. The van der Waals surface area contributed by atoms with Crippen molar-refractivity contribution in [2.24, 2.45) is 0 Å². The van der Waals surface area contributed by atoms with Crippen LogP contribution in [-0.2, 0) is 4.79 Å². The van der Waals surface area contributed by atoms with Crippen molar-refractivity contribution in [3.05, 3.63) is 24.3 Å². The molecule has 1 N–H and O–H groups in total. The summed E-state index contributed by atoms with van der Waals surface area (Å²) in [5.74, 6) is 1.10. The number of carbonyl (C=O) groups excluding carboxylic acids is 1. The Hall–Kier alpha value is -1.71. The highest BCUT2D eigenvalue weighted by Gasteiger charge is 2.23. The van der Waals surface area contributed by atoms with Crippen molar-refractivity contribution in [3.8, 4) is 11.5 Å². The van der Waals surface area contributed by atoms with E-state index in [0.29, 0.717) is 17.9 Å². The van der Waals surface area contributed by atoms with Gasteiger partial charge in [-0.3, -0.25) is 4.79 Å². The van der Waals surface area contributed by atoms with E-state index in [1.54, 1.807) is 13.2 Å². The van der Waals surface area contributed by atoms with E-state index in [0.717, 1.165) is 0 Å². The molecule has 0 spiro atoms. The van der Waals surface area contributed by atoms with Crippen LogP contribution in [0.3, 0.4) is 0 Å². The Kier molecular flexibility index (Phi) is 5.21. The minimum Gasteiger partial charge on any atom is -0.493 e. The molecule has 0 aliphatic rings. The van der Waals surface area contributed by atoms with E-state index in [1.165, 1.54) is 0 Å². The van der Waals surface area contributed by atoms with Gasteiger partial charge in [-0.15, -0.1) is 0 Å². The van der Waals surface area contributed by atoms with Gasteiger partial charge in [0.05, 0.1) is 7.11 Å². The Morgan fingerprint density at radius 1 is 1.26 bits per heavy atom. The van der Waals surface area contributed by atoms with E-state index in [-0.39, 0.29) is 11.4 Å². The zero-order valence-corrected chi connectivity index (χ0v) is 12.3. The molecule has 0 aromatic heterocycles. The zero-order chi connectivity index (χ0) is 14.5. The van der Waals surface area contributed by atoms with Gasteiger partial charge < -0.3 is 14.8 Å². The minimum atomic E-state index is -0.518. The maximum absolute atomic E-state index is 12.1. The van der Waals surface area contributed by atoms with E-state index in [2.05, 4.69) is 5.32 Å². The van der Waals surface area contributed by atoms with Crippen molar-refractivity contribution in [1.82, 2.24) is 5.32 Å². The van der Waals surface area contributed by atoms with Crippen LogP contribution >= 0.6 is 0 Å². The molecule has 0 saturated heterocycles. The van der Waals surface area contributed by atoms with Gasteiger partial charge in [-0.25, -0.2) is 0 Å². The second-order valence-corrected chi connectivity index (χ2v) is 5.40. The molecule has 0 fully saturated rings. The van der Waals surface area contributed by atoms with Gasteiger partial charge in [0.15, 0.2) is 17.6 Å². The van der Waals surface area contributed by atoms with Crippen LogP contribution in [0.25, 0.3) is 0 Å². The predicted octanol–water partition coefficient (Wildman–Crippen LogP) is 2.77. The first-order valence-corrected chi connectivity index (χ1v) is 6.49. The summed E-state index contributed by atoms with van der Waals surface area (Å²) in [6.45, 7) is 7.75. The molecule has 19 heavy (non-hydrogen) atoms. The summed E-state index contributed by atoms with van der Waals surface area (Å²) >= 11 is 0. The first-order chi connectivity index (χ1) is 8.87. The van der Waals surface area contributed by atoms with Crippen molar-refractivity contribution in [2.75, 3.05) is 7.11 Å². The number of ether oxygens (including phenoxy) is 2. The number of para-hydroxylation sites is 2. The molecule has 4 heteroatoms. The molecule has 1 atom stereocenters. The number of methoxy groups -OCH3 is 1. The Bertz CT molecular complexity index is 424. The molecule has 1 aromatic carbocycles. The summed E-state index contributed by atoms with van der Waals surface area (Å²) in [5, 5.41) is 2.92. The largest absolute Gasteiger partial charge is 0.493 e. The SMILES string of the molecule is CC[C@H](Oc1ccccc1OC)C(=O)NC(C)(C)C. The van der Waals surface area contributed by atoms with E-state index < -0.39 is 6.10 Å². The van der Waals surface area contributed by atoms with Crippen LogP contribution in [0.2, 0.25) is 0 Å². The maximum Gasteiger partial charge on any atom is 0.261 e. The number of carbonyl (C=O) groups is 1. The second kappa shape index (κ2) is 6.45. The molecule has 0 saturated carbocycles. The third-order valence-electron chi connectivity index (χ3n) is 2.50. The third-order valence-corrected chi connectivity index (χ3v) is 2.50. The van der Waals surface area contributed by atoms with E-state index in [1.807, 2.05) is 45.9 Å². The Morgan fingerprint density at radius 3 is 2.32 bits per heavy atom. The number of benzene rings is 1. The quantitative estimate of drug-likeness (QED) is 0.890. The Balaban J connectivity index is 2.79. The number of hydrogen-bond donors (Lipinski definition) is 1. The van der Waals surface area contributed by atoms with E-state index >= 15 is 0 Å². The molecular weight excluding hydrogens is 242 g/mol. The van der Waals surface area contributed by atoms with Crippen LogP contribution in [0.4, 0.5) is 0 Å². The number of hydrogen-bond acceptors (Lipinski definition) is 3. The molecule has 0 radical (unpaired) electrons. The topological polar surface area (TPSA) is 47.6 Å². The Morgan fingerprint density at radius 2 is 1.84 bits per heavy atom. The summed E-state index contributed by atoms with van der Waals surface area (Å²) in [6.07, 6.45) is 0.0792. The van der Waals surface area contributed by atoms with Gasteiger partial charge in [0.25, 0.3) is 5.91 Å². The van der Waals surface area contributed by atoms with Crippen molar-refractivity contribution in [3.63, 3.8) is 0 Å². The summed E-state index contributed by atoms with van der Waals surface area (Å²) in [7, 11) is 1.58. The average Bonchev–Trinajstić information content (AvgIpc) is 2.34. The van der Waals surface area contributed by atoms with E-state index in [9.17, 15) is 4.79 Å². The van der Waals surface area contributed by atoms with Gasteiger partial charge in [-0.2, -0.15) is 0 Å². The standard InChI is InChI=1S/C15H23NO3/c1-6-11(14(17)16-15(2,3)4)19-13-10-8-7-9-12(13)18-5/h7-11H,6H2,1-5H3,(H,16,17)/t11-/m0/s1. The monoisotopic (exact) mass is 265 g/mol. The highest BCUT2D eigenvalue weighted by molar-refractivity contribution is 5.81. The molecule has 0 bridgehead atoms. The first kappa shape index (κ1) is 15.3. The second-order valence-electron chi connectivity index (χ2n) is 5.40. The lowest BCUT2D eigenvalue weighted by Gasteiger charge is -2.25. The fourth-order valence-electron chi connectivity index (χ4n) is 1.64. The Labute approximate surface area is 115 Å². The van der Waals surface area contributed by atoms with Crippen LogP contribution in [0.15, 0.2) is 24.3 Å². The number of rotatable bonds is 5. The molecule has 0 heterocycles. The van der Waals surface area contributed by atoms with Gasteiger partial charge >= 0.3 is 0 Å². The van der Waals surface area contributed by atoms with Crippen LogP contribution in [0.1, 0.15) is 34.1 Å². The maximum atomic E-state index is 12.1. The fourth-order valence-corrected chi connectivity index (χ4v) is 1.64. The van der Waals surface area contributed by atoms with E-state index in [4.69, 9.17) is 9.47 Å². The van der Waals surface area contributed by atoms with Gasteiger partial charge in [0, 0.05) is 5.54 Å². The molecule has 106 valence electrons. The van der Waals surface area contributed by atoms with Gasteiger partial charge in [0.2, 0.25) is 0 Å². The normalized spacial score (nSPS) is 12.7. The van der Waals surface area contributed by atoms with Gasteiger partial charge in [-0.05, 0) is 39.3 Å². The van der Waals surface area contributed by atoms with Crippen LogP contribution in [-0.4, -0.2) is 24.7 Å². The lowest BCUT2D eigenvalue weighted by atomic mass is 10.1. The summed E-state index contributed by atoms with van der Waals surface area (Å²) in [4.78, 5) is 12.1.